The van der Waals surface area contributed by atoms with Crippen LogP contribution in [0.15, 0.2) is 200 Å². The van der Waals surface area contributed by atoms with E-state index in [0.717, 1.165) is 29.9 Å². The minimum absolute atomic E-state index is 1.14. The van der Waals surface area contributed by atoms with E-state index in [-0.39, 0.29) is 0 Å². The van der Waals surface area contributed by atoms with Crippen LogP contribution in [0.25, 0.3) is 76.8 Å². The summed E-state index contributed by atoms with van der Waals surface area (Å²) in [6.07, 6.45) is 9.75. The van der Waals surface area contributed by atoms with E-state index in [9.17, 15) is 0 Å². The van der Waals surface area contributed by atoms with Gasteiger partial charge in [0, 0.05) is 17.1 Å². The van der Waals surface area contributed by atoms with Crippen LogP contribution in [0.5, 0.6) is 0 Å². The number of fused-ring (bicyclic) bond motifs is 8. The maximum Gasteiger partial charge on any atom is 0.0462 e. The van der Waals surface area contributed by atoms with E-state index in [0.29, 0.717) is 0 Å². The van der Waals surface area contributed by atoms with Crippen molar-refractivity contribution >= 4 is 49.4 Å². The lowest BCUT2D eigenvalue weighted by atomic mass is 9.73. The highest BCUT2D eigenvalue weighted by molar-refractivity contribution is 6.25. The quantitative estimate of drug-likeness (QED) is 0.145. The molecule has 1 nitrogen and oxygen atoms in total. The number of hydrogen-bond acceptors (Lipinski definition) is 1. The molecule has 0 N–H and O–H groups in total. The molecule has 12 rings (SSSR count). The van der Waals surface area contributed by atoms with Gasteiger partial charge in [-0.25, -0.2) is 0 Å². The number of anilines is 3. The van der Waals surface area contributed by atoms with Crippen molar-refractivity contribution in [1.29, 1.82) is 0 Å². The highest BCUT2D eigenvalue weighted by Gasteiger charge is 2.28. The summed E-state index contributed by atoms with van der Waals surface area (Å²) in [5, 5.41) is 7.80. The van der Waals surface area contributed by atoms with Crippen molar-refractivity contribution in [3.63, 3.8) is 0 Å². The molecule has 0 aromatic heterocycles. The molecule has 0 saturated heterocycles. The Kier molecular flexibility index (Phi) is 9.48. The van der Waals surface area contributed by atoms with Crippen molar-refractivity contribution in [2.24, 2.45) is 0 Å². The molecule has 0 unspecified atom stereocenters. The number of rotatable bonds is 7. The molecule has 0 amide bonds. The zero-order valence-corrected chi connectivity index (χ0v) is 35.7. The number of nitrogens with zero attached hydrogens (tertiary/aromatic N) is 1. The Morgan fingerprint density at radius 3 is 0.984 bits per heavy atom. The average Bonchev–Trinajstić information content (AvgIpc) is 3.37. The normalized spacial score (nSPS) is 13.5. The molecule has 0 bridgehead atoms. The molecule has 2 aliphatic carbocycles. The second-order valence-electron chi connectivity index (χ2n) is 17.6. The summed E-state index contributed by atoms with van der Waals surface area (Å²) in [5.41, 5.74) is 20.6. The van der Waals surface area contributed by atoms with Gasteiger partial charge in [0.1, 0.15) is 0 Å². The van der Waals surface area contributed by atoms with Gasteiger partial charge in [0.05, 0.1) is 0 Å². The third kappa shape index (κ3) is 6.62. The lowest BCUT2D eigenvalue weighted by Gasteiger charge is -2.32. The molecular formula is C62H49N. The highest BCUT2D eigenvalue weighted by atomic mass is 15.1. The van der Waals surface area contributed by atoms with E-state index < -0.39 is 0 Å². The van der Waals surface area contributed by atoms with Crippen molar-refractivity contribution in [1.82, 2.24) is 0 Å². The Bertz CT molecular complexity index is 3220. The van der Waals surface area contributed by atoms with Crippen molar-refractivity contribution in [2.75, 3.05) is 4.90 Å². The fourth-order valence-corrected chi connectivity index (χ4v) is 11.1. The SMILES string of the molecule is c1ccc(-c2ccc(N(c3ccc(-c4ccc5c6ccccc6c6ccccc6c5c4)cc3)c3ccc(-c4c5c(c(-c6ccccc6)c6c4CCCC6)CCCC5)cc3)cc2)cc1. The zero-order valence-electron chi connectivity index (χ0n) is 35.7. The maximum atomic E-state index is 2.42. The molecule has 302 valence electrons. The maximum absolute atomic E-state index is 2.42. The number of hydrogen-bond donors (Lipinski definition) is 0. The summed E-state index contributed by atoms with van der Waals surface area (Å²) in [4.78, 5) is 2.42. The monoisotopic (exact) mass is 807 g/mol. The molecule has 0 spiro atoms. The molecule has 1 heteroatoms. The first-order chi connectivity index (χ1) is 31.3. The van der Waals surface area contributed by atoms with Crippen LogP contribution in [0.4, 0.5) is 17.1 Å². The fourth-order valence-electron chi connectivity index (χ4n) is 11.1. The summed E-state index contributed by atoms with van der Waals surface area (Å²) in [6.45, 7) is 0. The predicted octanol–water partition coefficient (Wildman–Crippen LogP) is 17.0. The predicted molar refractivity (Wildman–Crippen MR) is 269 cm³/mol. The minimum Gasteiger partial charge on any atom is -0.311 e. The first-order valence-electron chi connectivity index (χ1n) is 23.0. The van der Waals surface area contributed by atoms with E-state index in [2.05, 4.69) is 205 Å². The Balaban J connectivity index is 0.954. The van der Waals surface area contributed by atoms with Gasteiger partial charge in [0.25, 0.3) is 0 Å². The minimum atomic E-state index is 1.14. The van der Waals surface area contributed by atoms with E-state index >= 15 is 0 Å². The van der Waals surface area contributed by atoms with Gasteiger partial charge in [-0.05, 0) is 193 Å². The van der Waals surface area contributed by atoms with Gasteiger partial charge in [-0.15, -0.1) is 0 Å². The lowest BCUT2D eigenvalue weighted by molar-refractivity contribution is 0.662. The van der Waals surface area contributed by atoms with Crippen molar-refractivity contribution in [3.05, 3.63) is 222 Å². The molecule has 2 aliphatic rings. The van der Waals surface area contributed by atoms with Gasteiger partial charge >= 0.3 is 0 Å². The first kappa shape index (κ1) is 37.5. The summed E-state index contributed by atoms with van der Waals surface area (Å²) in [5.74, 6) is 0. The molecule has 63 heavy (non-hydrogen) atoms. The second-order valence-corrected chi connectivity index (χ2v) is 17.6. The van der Waals surface area contributed by atoms with Gasteiger partial charge in [-0.3, -0.25) is 0 Å². The molecular weight excluding hydrogens is 759 g/mol. The van der Waals surface area contributed by atoms with Gasteiger partial charge in [-0.2, -0.15) is 0 Å². The molecule has 10 aromatic rings. The van der Waals surface area contributed by atoms with Crippen LogP contribution in [-0.4, -0.2) is 0 Å². The Hall–Kier alpha value is -7.22. The number of benzene rings is 10. The van der Waals surface area contributed by atoms with Crippen LogP contribution in [0.2, 0.25) is 0 Å². The molecule has 0 heterocycles. The van der Waals surface area contributed by atoms with Crippen LogP contribution >= 0.6 is 0 Å². The van der Waals surface area contributed by atoms with Crippen LogP contribution in [0, 0.1) is 0 Å². The smallest absolute Gasteiger partial charge is 0.0462 e. The van der Waals surface area contributed by atoms with E-state index in [1.165, 1.54) is 110 Å². The van der Waals surface area contributed by atoms with Crippen LogP contribution < -0.4 is 4.90 Å². The first-order valence-corrected chi connectivity index (χ1v) is 23.0. The molecule has 0 saturated carbocycles. The van der Waals surface area contributed by atoms with Gasteiger partial charge in [-0.1, -0.05) is 158 Å². The van der Waals surface area contributed by atoms with E-state index in [4.69, 9.17) is 0 Å². The van der Waals surface area contributed by atoms with Crippen LogP contribution in [-0.2, 0) is 25.7 Å². The highest BCUT2D eigenvalue weighted by Crippen LogP contribution is 2.47. The Labute approximate surface area is 370 Å². The standard InChI is InChI=1S/C62H49N/c1-3-15-42(16-4-1)43-27-34-48(35-28-43)63(49-36-29-44(30-37-49)47-33-40-55-53-21-8-7-19-51(53)52-20-9-10-22-54(52)60(55)41-47)50-38-31-46(32-39-50)62-58-25-13-11-23-56(58)61(45-17-5-2-6-18-45)57-24-12-14-26-59(57)62/h1-10,15-22,27-41H,11-14,23-26H2. The topological polar surface area (TPSA) is 3.24 Å². The third-order valence-corrected chi connectivity index (χ3v) is 14.1. The summed E-state index contributed by atoms with van der Waals surface area (Å²) >= 11 is 0. The molecule has 0 fully saturated rings. The van der Waals surface area contributed by atoms with E-state index in [1.807, 2.05) is 0 Å². The van der Waals surface area contributed by atoms with Crippen LogP contribution in [0.3, 0.4) is 0 Å². The fraction of sp³-hybridized carbons (Fsp3) is 0.129. The average molecular weight is 808 g/mol. The molecule has 10 aromatic carbocycles. The Morgan fingerprint density at radius 1 is 0.238 bits per heavy atom. The summed E-state index contributed by atoms with van der Waals surface area (Å²) in [7, 11) is 0. The molecule has 0 aliphatic heterocycles. The largest absolute Gasteiger partial charge is 0.311 e. The Morgan fingerprint density at radius 2 is 0.540 bits per heavy atom. The van der Waals surface area contributed by atoms with Gasteiger partial charge in [0.15, 0.2) is 0 Å². The van der Waals surface area contributed by atoms with Crippen molar-refractivity contribution in [2.45, 2.75) is 51.4 Å². The molecule has 0 atom stereocenters. The van der Waals surface area contributed by atoms with E-state index in [1.54, 1.807) is 27.8 Å². The summed E-state index contributed by atoms with van der Waals surface area (Å²) in [6, 6.07) is 74.4. The van der Waals surface area contributed by atoms with Gasteiger partial charge in [0.2, 0.25) is 0 Å². The van der Waals surface area contributed by atoms with Gasteiger partial charge < -0.3 is 4.90 Å². The third-order valence-electron chi connectivity index (χ3n) is 14.1. The molecule has 0 radical (unpaired) electrons. The summed E-state index contributed by atoms with van der Waals surface area (Å²) < 4.78 is 0. The lowest BCUT2D eigenvalue weighted by Crippen LogP contribution is -2.15. The van der Waals surface area contributed by atoms with Crippen molar-refractivity contribution in [3.8, 4) is 44.5 Å². The zero-order chi connectivity index (χ0) is 41.7. The second kappa shape index (κ2) is 15.9. The van der Waals surface area contributed by atoms with Crippen molar-refractivity contribution < 1.29 is 0 Å². The van der Waals surface area contributed by atoms with Crippen LogP contribution in [0.1, 0.15) is 47.9 Å².